The molecule has 0 N–H and O–H groups in total. The number of amides is 1. The van der Waals surface area contributed by atoms with Crippen LogP contribution in [0.3, 0.4) is 0 Å². The number of hydrogen-bond donors (Lipinski definition) is 0. The molecule has 0 radical (unpaired) electrons. The Morgan fingerprint density at radius 1 is 1.25 bits per heavy atom. The van der Waals surface area contributed by atoms with Gasteiger partial charge in [-0.25, -0.2) is 4.98 Å². The molecule has 4 rings (SSSR count). The van der Waals surface area contributed by atoms with Crippen LogP contribution in [0.5, 0.6) is 5.88 Å². The maximum absolute atomic E-state index is 13.0. The van der Waals surface area contributed by atoms with E-state index in [2.05, 4.69) is 20.0 Å². The molecule has 28 heavy (non-hydrogen) atoms. The average molecular weight is 386 g/mol. The van der Waals surface area contributed by atoms with E-state index in [0.29, 0.717) is 43.8 Å². The smallest absolute Gasteiger partial charge is 0.272 e. The molecule has 0 atom stereocenters. The molecule has 2 fully saturated rings. The maximum atomic E-state index is 13.0. The van der Waals surface area contributed by atoms with Gasteiger partial charge in [-0.05, 0) is 25.8 Å². The SMILES string of the molecule is CCn1nccc1C(=O)N1CCOC2(CCN(c3nccc(OC)n3)CC2)C1. The second kappa shape index (κ2) is 7.75. The summed E-state index contributed by atoms with van der Waals surface area (Å²) in [4.78, 5) is 25.8. The van der Waals surface area contributed by atoms with Crippen LogP contribution in [-0.4, -0.2) is 76.1 Å². The van der Waals surface area contributed by atoms with E-state index in [-0.39, 0.29) is 11.5 Å². The second-order valence-corrected chi connectivity index (χ2v) is 7.18. The Labute approximate surface area is 164 Å². The van der Waals surface area contributed by atoms with E-state index in [1.54, 1.807) is 36.3 Å². The van der Waals surface area contributed by atoms with Crippen LogP contribution in [-0.2, 0) is 11.3 Å². The zero-order valence-electron chi connectivity index (χ0n) is 16.4. The lowest BCUT2D eigenvalue weighted by atomic mass is 9.89. The topological polar surface area (TPSA) is 85.6 Å². The first-order valence-corrected chi connectivity index (χ1v) is 9.71. The number of rotatable bonds is 4. The van der Waals surface area contributed by atoms with E-state index >= 15 is 0 Å². The van der Waals surface area contributed by atoms with Crippen molar-refractivity contribution in [3.63, 3.8) is 0 Å². The zero-order chi connectivity index (χ0) is 19.6. The lowest BCUT2D eigenvalue weighted by Gasteiger charge is -2.47. The number of morpholine rings is 1. The summed E-state index contributed by atoms with van der Waals surface area (Å²) in [6.45, 7) is 6.00. The Kier molecular flexibility index (Phi) is 5.17. The number of ether oxygens (including phenoxy) is 2. The number of hydrogen-bond acceptors (Lipinski definition) is 7. The molecule has 1 amide bonds. The highest BCUT2D eigenvalue weighted by atomic mass is 16.5. The molecule has 4 heterocycles. The van der Waals surface area contributed by atoms with E-state index in [0.717, 1.165) is 25.9 Å². The molecule has 150 valence electrons. The van der Waals surface area contributed by atoms with Crippen LogP contribution < -0.4 is 9.64 Å². The third-order valence-corrected chi connectivity index (χ3v) is 5.55. The first-order valence-electron chi connectivity index (χ1n) is 9.71. The Bertz CT molecular complexity index is 831. The first-order chi connectivity index (χ1) is 13.6. The predicted octanol–water partition coefficient (Wildman–Crippen LogP) is 1.21. The molecule has 2 saturated heterocycles. The summed E-state index contributed by atoms with van der Waals surface area (Å²) in [6, 6.07) is 3.53. The fourth-order valence-electron chi connectivity index (χ4n) is 3.96. The van der Waals surface area contributed by atoms with E-state index in [4.69, 9.17) is 9.47 Å². The molecular weight excluding hydrogens is 360 g/mol. The third kappa shape index (κ3) is 3.54. The summed E-state index contributed by atoms with van der Waals surface area (Å²) >= 11 is 0. The van der Waals surface area contributed by atoms with Crippen molar-refractivity contribution in [2.45, 2.75) is 31.9 Å². The fourth-order valence-corrected chi connectivity index (χ4v) is 3.96. The minimum absolute atomic E-state index is 0.0283. The summed E-state index contributed by atoms with van der Waals surface area (Å²) in [5, 5.41) is 4.22. The van der Waals surface area contributed by atoms with Crippen LogP contribution in [0, 0.1) is 0 Å². The van der Waals surface area contributed by atoms with E-state index in [9.17, 15) is 4.79 Å². The van der Waals surface area contributed by atoms with Gasteiger partial charge in [-0.1, -0.05) is 0 Å². The number of methoxy groups -OCH3 is 1. The molecule has 0 aliphatic carbocycles. The Hall–Kier alpha value is -2.68. The van der Waals surface area contributed by atoms with Gasteiger partial charge in [-0.2, -0.15) is 10.1 Å². The summed E-state index contributed by atoms with van der Waals surface area (Å²) < 4.78 is 13.1. The number of anilines is 1. The van der Waals surface area contributed by atoms with Crippen molar-refractivity contribution in [3.05, 3.63) is 30.2 Å². The highest BCUT2D eigenvalue weighted by Gasteiger charge is 2.42. The maximum Gasteiger partial charge on any atom is 0.272 e. The largest absolute Gasteiger partial charge is 0.481 e. The molecule has 2 aliphatic rings. The van der Waals surface area contributed by atoms with Crippen LogP contribution in [0.2, 0.25) is 0 Å². The standard InChI is InChI=1S/C19H26N6O3/c1-3-25-15(4-9-21-25)17(26)24-12-13-28-19(14-24)6-10-23(11-7-19)18-20-8-5-16(22-18)27-2/h4-5,8-9H,3,6-7,10-14H2,1-2H3. The van der Waals surface area contributed by atoms with E-state index in [1.807, 2.05) is 11.8 Å². The Morgan fingerprint density at radius 3 is 2.82 bits per heavy atom. The van der Waals surface area contributed by atoms with Crippen molar-refractivity contribution >= 4 is 11.9 Å². The van der Waals surface area contributed by atoms with Gasteiger partial charge < -0.3 is 19.3 Å². The molecule has 1 spiro atoms. The first kappa shape index (κ1) is 18.7. The van der Waals surface area contributed by atoms with Gasteiger partial charge in [0.2, 0.25) is 11.8 Å². The second-order valence-electron chi connectivity index (χ2n) is 7.18. The van der Waals surface area contributed by atoms with E-state index < -0.39 is 0 Å². The Morgan fingerprint density at radius 2 is 2.07 bits per heavy atom. The number of carbonyl (C=O) groups is 1. The number of nitrogens with zero attached hydrogens (tertiary/aromatic N) is 6. The zero-order valence-corrected chi connectivity index (χ0v) is 16.4. The van der Waals surface area contributed by atoms with Crippen LogP contribution in [0.15, 0.2) is 24.5 Å². The Balaban J connectivity index is 1.43. The number of aryl methyl sites for hydroxylation is 1. The lowest BCUT2D eigenvalue weighted by Crippen LogP contribution is -2.58. The monoisotopic (exact) mass is 386 g/mol. The summed E-state index contributed by atoms with van der Waals surface area (Å²) in [6.07, 6.45) is 5.04. The lowest BCUT2D eigenvalue weighted by molar-refractivity contribution is -0.111. The molecular formula is C19H26N6O3. The predicted molar refractivity (Wildman–Crippen MR) is 103 cm³/mol. The normalized spacial score (nSPS) is 19.1. The van der Waals surface area contributed by atoms with Crippen molar-refractivity contribution < 1.29 is 14.3 Å². The third-order valence-electron chi connectivity index (χ3n) is 5.55. The van der Waals surface area contributed by atoms with Gasteiger partial charge in [0.15, 0.2) is 0 Å². The van der Waals surface area contributed by atoms with Crippen LogP contribution in [0.1, 0.15) is 30.3 Å². The molecule has 0 saturated carbocycles. The minimum atomic E-state index is -0.305. The highest BCUT2D eigenvalue weighted by Crippen LogP contribution is 2.32. The molecule has 2 aromatic rings. The van der Waals surface area contributed by atoms with Gasteiger partial charge in [0.25, 0.3) is 5.91 Å². The van der Waals surface area contributed by atoms with E-state index in [1.165, 1.54) is 0 Å². The molecule has 9 nitrogen and oxygen atoms in total. The summed E-state index contributed by atoms with van der Waals surface area (Å²) in [5.74, 6) is 1.26. The van der Waals surface area contributed by atoms with Crippen molar-refractivity contribution in [1.82, 2.24) is 24.6 Å². The molecule has 0 unspecified atom stereocenters. The molecule has 2 aliphatic heterocycles. The van der Waals surface area contributed by atoms with Gasteiger partial charge in [0, 0.05) is 44.6 Å². The molecule has 9 heteroatoms. The van der Waals surface area contributed by atoms with Gasteiger partial charge in [0.05, 0.1) is 25.9 Å². The molecule has 0 bridgehead atoms. The van der Waals surface area contributed by atoms with Crippen molar-refractivity contribution in [2.75, 3.05) is 44.8 Å². The number of piperidine rings is 1. The summed E-state index contributed by atoms with van der Waals surface area (Å²) in [7, 11) is 1.60. The van der Waals surface area contributed by atoms with Crippen LogP contribution >= 0.6 is 0 Å². The average Bonchev–Trinajstić information content (AvgIpc) is 3.23. The van der Waals surface area contributed by atoms with Crippen LogP contribution in [0.25, 0.3) is 0 Å². The minimum Gasteiger partial charge on any atom is -0.481 e. The van der Waals surface area contributed by atoms with Gasteiger partial charge >= 0.3 is 0 Å². The summed E-state index contributed by atoms with van der Waals surface area (Å²) in [5.41, 5.74) is 0.335. The van der Waals surface area contributed by atoms with Crippen molar-refractivity contribution in [1.29, 1.82) is 0 Å². The van der Waals surface area contributed by atoms with Gasteiger partial charge in [-0.3, -0.25) is 9.48 Å². The van der Waals surface area contributed by atoms with Gasteiger partial charge in [-0.15, -0.1) is 0 Å². The highest BCUT2D eigenvalue weighted by molar-refractivity contribution is 5.92. The molecule has 2 aromatic heterocycles. The number of carbonyl (C=O) groups excluding carboxylic acids is 1. The number of aromatic nitrogens is 4. The van der Waals surface area contributed by atoms with Gasteiger partial charge in [0.1, 0.15) is 5.69 Å². The fraction of sp³-hybridized carbons (Fsp3) is 0.579. The quantitative estimate of drug-likeness (QED) is 0.781. The molecule has 0 aromatic carbocycles. The van der Waals surface area contributed by atoms with Crippen molar-refractivity contribution in [3.8, 4) is 5.88 Å². The van der Waals surface area contributed by atoms with Crippen LogP contribution in [0.4, 0.5) is 5.95 Å². The van der Waals surface area contributed by atoms with Crippen molar-refractivity contribution in [2.24, 2.45) is 0 Å².